The number of nitrogens with zero attached hydrogens (tertiary/aromatic N) is 1. The lowest BCUT2D eigenvalue weighted by molar-refractivity contribution is -0.149. The Morgan fingerprint density at radius 2 is 2.05 bits per heavy atom. The molecule has 0 radical (unpaired) electrons. The fraction of sp³-hybridized carbons (Fsp3) is 0.769. The normalized spacial score (nSPS) is 20.7. The van der Waals surface area contributed by atoms with Gasteiger partial charge >= 0.3 is 11.9 Å². The Labute approximate surface area is 112 Å². The van der Waals surface area contributed by atoms with Gasteiger partial charge in [-0.05, 0) is 18.8 Å². The van der Waals surface area contributed by atoms with Crippen molar-refractivity contribution in [2.75, 3.05) is 20.2 Å². The zero-order chi connectivity index (χ0) is 14.4. The first-order valence-electron chi connectivity index (χ1n) is 6.51. The highest BCUT2D eigenvalue weighted by Gasteiger charge is 2.29. The summed E-state index contributed by atoms with van der Waals surface area (Å²) in [4.78, 5) is 35.7. The van der Waals surface area contributed by atoms with Gasteiger partial charge < -0.3 is 14.7 Å². The number of carbonyl (C=O) groups excluding carboxylic acids is 2. The lowest BCUT2D eigenvalue weighted by Crippen LogP contribution is -2.43. The maximum Gasteiger partial charge on any atom is 0.310 e. The number of piperidine rings is 1. The average Bonchev–Trinajstić information content (AvgIpc) is 2.36. The van der Waals surface area contributed by atoms with E-state index in [2.05, 4.69) is 0 Å². The van der Waals surface area contributed by atoms with Crippen molar-refractivity contribution in [3.05, 3.63) is 0 Å². The van der Waals surface area contributed by atoms with Gasteiger partial charge in [-0.25, -0.2) is 0 Å². The predicted molar refractivity (Wildman–Crippen MR) is 67.4 cm³/mol. The molecule has 1 aliphatic heterocycles. The first-order valence-corrected chi connectivity index (χ1v) is 6.51. The van der Waals surface area contributed by atoms with Crippen LogP contribution in [0.25, 0.3) is 0 Å². The quantitative estimate of drug-likeness (QED) is 0.751. The van der Waals surface area contributed by atoms with Crippen molar-refractivity contribution < 1.29 is 24.2 Å². The van der Waals surface area contributed by atoms with Gasteiger partial charge in [-0.3, -0.25) is 14.4 Å². The minimum absolute atomic E-state index is 0.0139. The van der Waals surface area contributed by atoms with Crippen LogP contribution in [0.2, 0.25) is 0 Å². The molecule has 1 N–H and O–H groups in total. The van der Waals surface area contributed by atoms with Crippen molar-refractivity contribution in [1.82, 2.24) is 4.90 Å². The molecule has 108 valence electrons. The van der Waals surface area contributed by atoms with E-state index in [9.17, 15) is 14.4 Å². The number of hydrogen-bond donors (Lipinski definition) is 1. The van der Waals surface area contributed by atoms with E-state index in [4.69, 9.17) is 9.84 Å². The van der Waals surface area contributed by atoms with Gasteiger partial charge in [-0.15, -0.1) is 0 Å². The van der Waals surface area contributed by atoms with E-state index in [1.54, 1.807) is 11.8 Å². The van der Waals surface area contributed by atoms with Crippen molar-refractivity contribution in [3.63, 3.8) is 0 Å². The number of esters is 1. The smallest absolute Gasteiger partial charge is 0.310 e. The zero-order valence-electron chi connectivity index (χ0n) is 11.4. The van der Waals surface area contributed by atoms with Crippen LogP contribution in [0.5, 0.6) is 0 Å². The van der Waals surface area contributed by atoms with Crippen LogP contribution in [0.1, 0.15) is 32.6 Å². The maximum absolute atomic E-state index is 12.0. The summed E-state index contributed by atoms with van der Waals surface area (Å²) in [6.07, 6.45) is 1.71. The van der Waals surface area contributed by atoms with E-state index < -0.39 is 5.97 Å². The molecule has 0 aliphatic carbocycles. The van der Waals surface area contributed by atoms with E-state index in [0.717, 1.165) is 12.8 Å². The first kappa shape index (κ1) is 15.5. The van der Waals surface area contributed by atoms with Crippen LogP contribution >= 0.6 is 0 Å². The number of methoxy groups -OCH3 is 1. The summed E-state index contributed by atoms with van der Waals surface area (Å²) < 4.78 is 4.70. The number of ether oxygens (including phenoxy) is 1. The molecule has 2 unspecified atom stereocenters. The van der Waals surface area contributed by atoms with E-state index in [-0.39, 0.29) is 36.6 Å². The van der Waals surface area contributed by atoms with Gasteiger partial charge in [-0.1, -0.05) is 6.92 Å². The fourth-order valence-electron chi connectivity index (χ4n) is 2.36. The summed E-state index contributed by atoms with van der Waals surface area (Å²) in [5.74, 6) is -1.70. The Morgan fingerprint density at radius 1 is 1.37 bits per heavy atom. The largest absolute Gasteiger partial charge is 0.481 e. The Bertz CT molecular complexity index is 355. The van der Waals surface area contributed by atoms with E-state index in [1.807, 2.05) is 0 Å². The highest BCUT2D eigenvalue weighted by molar-refractivity contribution is 5.79. The fourth-order valence-corrected chi connectivity index (χ4v) is 2.36. The molecule has 0 aromatic heterocycles. The Morgan fingerprint density at radius 3 is 2.63 bits per heavy atom. The lowest BCUT2D eigenvalue weighted by Gasteiger charge is -2.32. The third kappa shape index (κ3) is 4.89. The van der Waals surface area contributed by atoms with Gasteiger partial charge in [0.25, 0.3) is 0 Å². The average molecular weight is 271 g/mol. The molecule has 0 aromatic carbocycles. The molecule has 2 atom stereocenters. The van der Waals surface area contributed by atoms with Crippen LogP contribution in [-0.4, -0.2) is 48.1 Å². The highest BCUT2D eigenvalue weighted by Crippen LogP contribution is 2.20. The second-order valence-corrected chi connectivity index (χ2v) is 5.11. The summed E-state index contributed by atoms with van der Waals surface area (Å²) in [6, 6.07) is 0. The highest BCUT2D eigenvalue weighted by atomic mass is 16.5. The van der Waals surface area contributed by atoms with Crippen molar-refractivity contribution in [2.24, 2.45) is 11.8 Å². The molecule has 1 amide bonds. The number of aliphatic carboxylic acids is 1. The minimum atomic E-state index is -0.897. The van der Waals surface area contributed by atoms with E-state index in [1.165, 1.54) is 7.11 Å². The monoisotopic (exact) mass is 271 g/mol. The molecule has 0 bridgehead atoms. The molecule has 19 heavy (non-hydrogen) atoms. The molecule has 1 saturated heterocycles. The van der Waals surface area contributed by atoms with Crippen LogP contribution in [0.15, 0.2) is 0 Å². The van der Waals surface area contributed by atoms with Gasteiger partial charge in [-0.2, -0.15) is 0 Å². The molecule has 1 rings (SSSR count). The number of rotatable bonds is 5. The van der Waals surface area contributed by atoms with Gasteiger partial charge in [0.05, 0.1) is 13.0 Å². The zero-order valence-corrected chi connectivity index (χ0v) is 11.4. The predicted octanol–water partition coefficient (Wildman–Crippen LogP) is 0.899. The summed E-state index contributed by atoms with van der Waals surface area (Å²) >= 11 is 0. The lowest BCUT2D eigenvalue weighted by atomic mass is 9.96. The molecule has 6 heteroatoms. The topological polar surface area (TPSA) is 83.9 Å². The summed E-state index contributed by atoms with van der Waals surface area (Å²) in [5.41, 5.74) is 0. The second-order valence-electron chi connectivity index (χ2n) is 5.11. The first-order chi connectivity index (χ1) is 8.93. The number of carboxylic acid groups (broad SMARTS) is 1. The number of hydrogen-bond acceptors (Lipinski definition) is 4. The van der Waals surface area contributed by atoms with Gasteiger partial charge in [0.2, 0.25) is 5.91 Å². The number of carbonyl (C=O) groups is 3. The van der Waals surface area contributed by atoms with Gasteiger partial charge in [0.15, 0.2) is 0 Å². The molecule has 0 saturated carbocycles. The number of amides is 1. The Balaban J connectivity index is 2.48. The van der Waals surface area contributed by atoms with Crippen molar-refractivity contribution in [2.45, 2.75) is 32.6 Å². The molecular weight excluding hydrogens is 250 g/mol. The van der Waals surface area contributed by atoms with E-state index in [0.29, 0.717) is 13.1 Å². The molecule has 1 heterocycles. The van der Waals surface area contributed by atoms with Crippen molar-refractivity contribution in [1.29, 1.82) is 0 Å². The standard InChI is InChI=1S/C13H21NO5/c1-9(7-12(16)17)6-11(15)14-5-3-4-10(8-14)13(18)19-2/h9-10H,3-8H2,1-2H3,(H,16,17). The molecule has 1 fully saturated rings. The number of carboxylic acids is 1. The van der Waals surface area contributed by atoms with E-state index >= 15 is 0 Å². The second kappa shape index (κ2) is 7.11. The molecule has 0 aromatic rings. The Hall–Kier alpha value is -1.59. The molecule has 6 nitrogen and oxygen atoms in total. The summed E-state index contributed by atoms with van der Waals surface area (Å²) in [5, 5.41) is 8.67. The molecule has 0 spiro atoms. The number of likely N-dealkylation sites (tertiary alicyclic amines) is 1. The van der Waals surface area contributed by atoms with Crippen LogP contribution in [0, 0.1) is 11.8 Å². The third-order valence-corrected chi connectivity index (χ3v) is 3.35. The van der Waals surface area contributed by atoms with Gasteiger partial charge in [0.1, 0.15) is 0 Å². The van der Waals surface area contributed by atoms with Crippen molar-refractivity contribution in [3.8, 4) is 0 Å². The SMILES string of the molecule is COC(=O)C1CCCN(C(=O)CC(C)CC(=O)O)C1. The third-order valence-electron chi connectivity index (χ3n) is 3.35. The Kier molecular flexibility index (Phi) is 5.79. The molecule has 1 aliphatic rings. The van der Waals surface area contributed by atoms with Gasteiger partial charge in [0, 0.05) is 25.9 Å². The summed E-state index contributed by atoms with van der Waals surface area (Å²) in [7, 11) is 1.35. The van der Waals surface area contributed by atoms with Crippen LogP contribution < -0.4 is 0 Å². The summed E-state index contributed by atoms with van der Waals surface area (Å²) in [6.45, 7) is 2.76. The van der Waals surface area contributed by atoms with Crippen LogP contribution in [-0.2, 0) is 19.1 Å². The van der Waals surface area contributed by atoms with Crippen LogP contribution in [0.4, 0.5) is 0 Å². The van der Waals surface area contributed by atoms with Crippen molar-refractivity contribution >= 4 is 17.8 Å². The minimum Gasteiger partial charge on any atom is -0.481 e. The molecular formula is C13H21NO5. The van der Waals surface area contributed by atoms with Crippen LogP contribution in [0.3, 0.4) is 0 Å². The maximum atomic E-state index is 12.0.